The van der Waals surface area contributed by atoms with Crippen molar-refractivity contribution < 1.29 is 4.52 Å². The molecule has 0 N–H and O–H groups in total. The van der Waals surface area contributed by atoms with Gasteiger partial charge < -0.3 is 0 Å². The van der Waals surface area contributed by atoms with Crippen LogP contribution in [0.15, 0.2) is 34.8 Å². The fourth-order valence-electron chi connectivity index (χ4n) is 0.590. The van der Waals surface area contributed by atoms with Gasteiger partial charge in [-0.15, -0.1) is 0 Å². The average molecular weight is 177 g/mol. The minimum atomic E-state index is 0.597. The van der Waals surface area contributed by atoms with Gasteiger partial charge in [-0.1, -0.05) is 0 Å². The first-order valence-corrected chi connectivity index (χ1v) is 5.43. The predicted molar refractivity (Wildman–Crippen MR) is 50.5 cm³/mol. The molecule has 0 amide bonds. The van der Waals surface area contributed by atoms with Crippen LogP contribution < -0.4 is 4.52 Å². The van der Waals surface area contributed by atoms with Crippen molar-refractivity contribution in [1.29, 1.82) is 0 Å². The van der Waals surface area contributed by atoms with Crippen LogP contribution in [0.1, 0.15) is 0 Å². The van der Waals surface area contributed by atoms with E-state index in [4.69, 9.17) is 4.52 Å². The fraction of sp³-hybridized carbons (Fsp3) is 0. The molecule has 2 nitrogen and oxygen atoms in total. The first kappa shape index (κ1) is 9.24. The average Bonchev–Trinajstić information content (AvgIpc) is 2.07. The Morgan fingerprint density at radius 1 is 1.36 bits per heavy atom. The molecular formula is C6H6LiNOP2. The number of para-hydroxylation sites is 1. The van der Waals surface area contributed by atoms with Crippen LogP contribution >= 0.6 is 15.8 Å². The summed E-state index contributed by atoms with van der Waals surface area (Å²) in [5.41, 5.74) is 0. The molecule has 1 unspecified atom stereocenters. The Labute approximate surface area is 78.3 Å². The van der Waals surface area contributed by atoms with Gasteiger partial charge in [-0.3, -0.25) is 0 Å². The summed E-state index contributed by atoms with van der Waals surface area (Å²) < 4.78 is 9.30. The molecule has 0 heterocycles. The van der Waals surface area contributed by atoms with Gasteiger partial charge in [0.25, 0.3) is 0 Å². The van der Waals surface area contributed by atoms with E-state index < -0.39 is 0 Å². The van der Waals surface area contributed by atoms with Gasteiger partial charge in [0, 0.05) is 0 Å². The number of rotatable bonds is 3. The van der Waals surface area contributed by atoms with Crippen molar-refractivity contribution in [2.45, 2.75) is 0 Å². The molecule has 1 aromatic carbocycles. The van der Waals surface area contributed by atoms with Crippen LogP contribution in [0.2, 0.25) is 0 Å². The van der Waals surface area contributed by atoms with Crippen LogP contribution in [-0.4, -0.2) is 17.2 Å². The zero-order valence-corrected chi connectivity index (χ0v) is 8.08. The molecule has 0 aliphatic rings. The van der Waals surface area contributed by atoms with E-state index in [1.165, 1.54) is 0 Å². The van der Waals surface area contributed by atoms with Crippen molar-refractivity contribution in [1.82, 2.24) is 0 Å². The number of hydrogen-bond donors (Lipinski definition) is 0. The van der Waals surface area contributed by atoms with Crippen LogP contribution in [0.4, 0.5) is 0 Å². The molecule has 1 aromatic rings. The Hall–Kier alpha value is 0.147. The van der Waals surface area contributed by atoms with Gasteiger partial charge >= 0.3 is 78.1 Å². The van der Waals surface area contributed by atoms with Crippen molar-refractivity contribution in [3.05, 3.63) is 30.3 Å². The van der Waals surface area contributed by atoms with E-state index in [2.05, 4.69) is 4.52 Å². The quantitative estimate of drug-likeness (QED) is 0.513. The molecule has 52 valence electrons. The molecule has 0 fully saturated rings. The van der Waals surface area contributed by atoms with Gasteiger partial charge in [0.2, 0.25) is 0 Å². The SMILES string of the molecule is [Li][PH]N=POc1ccccc1. The Balaban J connectivity index is 2.45. The maximum atomic E-state index is 5.26. The number of nitrogens with zero attached hydrogens (tertiary/aromatic N) is 1. The molecule has 0 radical (unpaired) electrons. The normalized spacial score (nSPS) is 11.5. The van der Waals surface area contributed by atoms with E-state index in [0.29, 0.717) is 15.8 Å². The third kappa shape index (κ3) is 3.90. The van der Waals surface area contributed by atoms with Crippen LogP contribution in [0, 0.1) is 0 Å². The number of hydrogen-bond acceptors (Lipinski definition) is 2. The molecular weight excluding hydrogens is 171 g/mol. The standard InChI is InChI=1S/C6H6NOP2.Li/c9-7-10-8-6-4-2-1-3-5-6;/h1-5,9H;/q-1;+1. The molecule has 0 saturated heterocycles. The first-order valence-electron chi connectivity index (χ1n) is 3.22. The van der Waals surface area contributed by atoms with Gasteiger partial charge in [-0.2, -0.15) is 0 Å². The summed E-state index contributed by atoms with van der Waals surface area (Å²) in [6, 6.07) is 9.68. The second kappa shape index (κ2) is 5.75. The first-order chi connectivity index (χ1) is 5.43. The summed E-state index contributed by atoms with van der Waals surface area (Å²) in [6.45, 7) is 0. The van der Waals surface area contributed by atoms with E-state index in [9.17, 15) is 0 Å². The summed E-state index contributed by atoms with van der Waals surface area (Å²) in [5.74, 6) is 0.871. The Kier molecular flexibility index (Phi) is 4.83. The Morgan fingerprint density at radius 2 is 2.09 bits per heavy atom. The predicted octanol–water partition coefficient (Wildman–Crippen LogP) is 2.79. The van der Waals surface area contributed by atoms with E-state index in [1.54, 1.807) is 0 Å². The molecule has 11 heavy (non-hydrogen) atoms. The Morgan fingerprint density at radius 3 is 2.73 bits per heavy atom. The van der Waals surface area contributed by atoms with Crippen molar-refractivity contribution >= 4 is 33.0 Å². The molecule has 1 rings (SSSR count). The van der Waals surface area contributed by atoms with E-state index >= 15 is 0 Å². The van der Waals surface area contributed by atoms with Gasteiger partial charge in [0.05, 0.1) is 0 Å². The number of benzene rings is 1. The molecule has 5 heteroatoms. The van der Waals surface area contributed by atoms with E-state index in [-0.39, 0.29) is 0 Å². The monoisotopic (exact) mass is 177 g/mol. The molecule has 1 atom stereocenters. The molecule has 0 saturated carbocycles. The van der Waals surface area contributed by atoms with Gasteiger partial charge in [0.15, 0.2) is 0 Å². The summed E-state index contributed by atoms with van der Waals surface area (Å²) in [6.07, 6.45) is 0. The third-order valence-corrected chi connectivity index (χ3v) is 2.45. The van der Waals surface area contributed by atoms with Crippen LogP contribution in [0.3, 0.4) is 0 Å². The summed E-state index contributed by atoms with van der Waals surface area (Å²) >= 11 is 2.02. The van der Waals surface area contributed by atoms with Crippen molar-refractivity contribution in [2.75, 3.05) is 0 Å². The van der Waals surface area contributed by atoms with Crippen LogP contribution in [0.5, 0.6) is 5.75 Å². The van der Waals surface area contributed by atoms with Crippen LogP contribution in [0.25, 0.3) is 0 Å². The van der Waals surface area contributed by atoms with Gasteiger partial charge in [-0.05, 0) is 0 Å². The minimum absolute atomic E-state index is 0.597. The summed E-state index contributed by atoms with van der Waals surface area (Å²) in [5, 5.41) is 0. The molecule has 0 aliphatic carbocycles. The summed E-state index contributed by atoms with van der Waals surface area (Å²) in [7, 11) is 1.29. The molecule has 0 aromatic heterocycles. The zero-order valence-electron chi connectivity index (χ0n) is 6.19. The molecule has 0 spiro atoms. The second-order valence-corrected chi connectivity index (χ2v) is 3.40. The van der Waals surface area contributed by atoms with Crippen LogP contribution in [-0.2, 0) is 0 Å². The van der Waals surface area contributed by atoms with E-state index in [0.717, 1.165) is 5.75 Å². The maximum absolute atomic E-state index is 5.26. The summed E-state index contributed by atoms with van der Waals surface area (Å²) in [4.78, 5) is 0. The molecule has 0 aliphatic heterocycles. The van der Waals surface area contributed by atoms with Gasteiger partial charge in [-0.25, -0.2) is 0 Å². The zero-order chi connectivity index (χ0) is 7.94. The molecule has 0 bridgehead atoms. The second-order valence-electron chi connectivity index (χ2n) is 1.81. The van der Waals surface area contributed by atoms with Crippen molar-refractivity contribution in [3.63, 3.8) is 0 Å². The fourth-order valence-corrected chi connectivity index (χ4v) is 1.30. The van der Waals surface area contributed by atoms with Gasteiger partial charge in [0.1, 0.15) is 0 Å². The Bertz CT molecular complexity index is 229. The van der Waals surface area contributed by atoms with Crippen molar-refractivity contribution in [2.24, 2.45) is 4.52 Å². The third-order valence-electron chi connectivity index (χ3n) is 1.03. The topological polar surface area (TPSA) is 21.6 Å². The van der Waals surface area contributed by atoms with Crippen molar-refractivity contribution in [3.8, 4) is 5.75 Å². The van der Waals surface area contributed by atoms with E-state index in [1.807, 2.05) is 47.6 Å².